The van der Waals surface area contributed by atoms with Crippen molar-refractivity contribution in [3.05, 3.63) is 0 Å². The molecule has 0 unspecified atom stereocenters. The van der Waals surface area contributed by atoms with E-state index in [1.807, 2.05) is 6.55 Å². The van der Waals surface area contributed by atoms with Gasteiger partial charge in [-0.05, 0) is 6.55 Å². The lowest BCUT2D eigenvalue weighted by Crippen LogP contribution is -1.98. The Morgan fingerprint density at radius 2 is 1.20 bits per heavy atom. The van der Waals surface area contributed by atoms with Gasteiger partial charge in [-0.25, -0.2) is 0 Å². The van der Waals surface area contributed by atoms with Crippen LogP contribution >= 0.6 is 36.2 Å². The molecule has 4 heteroatoms. The third kappa shape index (κ3) is 35.0. The van der Waals surface area contributed by atoms with Crippen molar-refractivity contribution < 1.29 is 0 Å². The zero-order valence-electron chi connectivity index (χ0n) is 2.84. The molecule has 0 aliphatic heterocycles. The standard InChI is InChI=1S/CH6S3Si/c1-5(2,3)4/h2-4H,1H3. The molecule has 0 N–H and O–H groups in total. The maximum Gasteiger partial charge on any atom is 0.225 e. The Hall–Kier alpha value is 1.27. The largest absolute Gasteiger partial charge is 0.225 e. The summed E-state index contributed by atoms with van der Waals surface area (Å²) in [6, 6.07) is 0. The van der Waals surface area contributed by atoms with Gasteiger partial charge in [-0.1, -0.05) is 0 Å². The van der Waals surface area contributed by atoms with Gasteiger partial charge in [0.1, 0.15) is 0 Å². The summed E-state index contributed by atoms with van der Waals surface area (Å²) in [7, 11) is 0. The van der Waals surface area contributed by atoms with Crippen molar-refractivity contribution in [1.82, 2.24) is 0 Å². The van der Waals surface area contributed by atoms with Gasteiger partial charge < -0.3 is 0 Å². The lowest BCUT2D eigenvalue weighted by molar-refractivity contribution is 2.34. The van der Waals surface area contributed by atoms with Crippen molar-refractivity contribution in [2.75, 3.05) is 0 Å². The molecule has 0 rings (SSSR count). The summed E-state index contributed by atoms with van der Waals surface area (Å²) in [6.07, 6.45) is 0. The first kappa shape index (κ1) is 6.27. The van der Waals surface area contributed by atoms with E-state index in [1.54, 1.807) is 0 Å². The van der Waals surface area contributed by atoms with Crippen LogP contribution in [0.15, 0.2) is 0 Å². The molecule has 5 heavy (non-hydrogen) atoms. The minimum absolute atomic E-state index is 1.53. The van der Waals surface area contributed by atoms with Crippen molar-refractivity contribution in [2.24, 2.45) is 0 Å². The van der Waals surface area contributed by atoms with Crippen molar-refractivity contribution in [2.45, 2.75) is 6.55 Å². The molecule has 0 atom stereocenters. The van der Waals surface area contributed by atoms with Gasteiger partial charge in [0.05, 0.1) is 0 Å². The highest BCUT2D eigenvalue weighted by atomic mass is 32.7. The fraction of sp³-hybridized carbons (Fsp3) is 1.00. The number of rotatable bonds is 0. The lowest BCUT2D eigenvalue weighted by Gasteiger charge is -1.97. The normalized spacial score (nSPS) is 12.0. The third-order valence-electron chi connectivity index (χ3n) is 0. The third-order valence-corrected chi connectivity index (χ3v) is 0. The highest BCUT2D eigenvalue weighted by molar-refractivity contribution is 8.68. The minimum atomic E-state index is -1.53. The summed E-state index contributed by atoms with van der Waals surface area (Å²) in [5.41, 5.74) is -1.53. The van der Waals surface area contributed by atoms with E-state index in [9.17, 15) is 0 Å². The van der Waals surface area contributed by atoms with Gasteiger partial charge in [-0.2, -0.15) is 36.2 Å². The Morgan fingerprint density at radius 1 is 1.20 bits per heavy atom. The molecule has 0 spiro atoms. The first-order valence-electron chi connectivity index (χ1n) is 1.17. The molecule has 0 amide bonds. The van der Waals surface area contributed by atoms with E-state index in [1.165, 1.54) is 0 Å². The van der Waals surface area contributed by atoms with Crippen molar-refractivity contribution in [3.63, 3.8) is 0 Å². The SMILES string of the molecule is C[Si](S)(S)S. The molecule has 32 valence electrons. The van der Waals surface area contributed by atoms with Crippen LogP contribution in [0.1, 0.15) is 0 Å². The second-order valence-corrected chi connectivity index (χ2v) is 14.1. The predicted molar refractivity (Wildman–Crippen MR) is 38.6 cm³/mol. The van der Waals surface area contributed by atoms with Crippen LogP contribution in [0.4, 0.5) is 0 Å². The average molecular weight is 142 g/mol. The van der Waals surface area contributed by atoms with E-state index < -0.39 is 5.52 Å². The van der Waals surface area contributed by atoms with Gasteiger partial charge in [-0.15, -0.1) is 0 Å². The van der Waals surface area contributed by atoms with E-state index in [0.717, 1.165) is 0 Å². The van der Waals surface area contributed by atoms with Gasteiger partial charge in [0.15, 0.2) is 0 Å². The zero-order chi connectivity index (χ0) is 4.50. The van der Waals surface area contributed by atoms with Gasteiger partial charge >= 0.3 is 0 Å². The molecule has 0 aromatic carbocycles. The Kier molecular flexibility index (Phi) is 2.28. The van der Waals surface area contributed by atoms with Crippen LogP contribution in [-0.4, -0.2) is 5.52 Å². The first-order chi connectivity index (χ1) is 2.00. The van der Waals surface area contributed by atoms with Crippen LogP contribution in [0.3, 0.4) is 0 Å². The van der Waals surface area contributed by atoms with Crippen molar-refractivity contribution >= 4 is 41.8 Å². The van der Waals surface area contributed by atoms with E-state index in [0.29, 0.717) is 0 Å². The van der Waals surface area contributed by atoms with Crippen LogP contribution in [0.2, 0.25) is 6.55 Å². The molecular weight excluding hydrogens is 136 g/mol. The van der Waals surface area contributed by atoms with Crippen molar-refractivity contribution in [3.8, 4) is 0 Å². The molecule has 0 aliphatic rings. The molecule has 0 radical (unpaired) electrons. The highest BCUT2D eigenvalue weighted by Gasteiger charge is 2.05. The molecule has 0 saturated heterocycles. The fourth-order valence-corrected chi connectivity index (χ4v) is 0. The van der Waals surface area contributed by atoms with Gasteiger partial charge in [-0.3, -0.25) is 0 Å². The number of hydrogen-bond acceptors (Lipinski definition) is 3. The lowest BCUT2D eigenvalue weighted by atomic mass is 11.9. The van der Waals surface area contributed by atoms with Gasteiger partial charge in [0, 0.05) is 0 Å². The van der Waals surface area contributed by atoms with E-state index in [4.69, 9.17) is 0 Å². The zero-order valence-corrected chi connectivity index (χ0v) is 6.52. The topological polar surface area (TPSA) is 0 Å². The average Bonchev–Trinajstić information content (AvgIpc) is 0.722. The molecule has 0 aromatic heterocycles. The van der Waals surface area contributed by atoms with Gasteiger partial charge in [0.25, 0.3) is 0 Å². The summed E-state index contributed by atoms with van der Waals surface area (Å²) in [5, 5.41) is 0. The predicted octanol–water partition coefficient (Wildman–Crippen LogP) is 1.34. The number of hydrogen-bond donors (Lipinski definition) is 3. The summed E-state index contributed by atoms with van der Waals surface area (Å²) in [6.45, 7) is 1.92. The molecule has 0 heterocycles. The van der Waals surface area contributed by atoms with Gasteiger partial charge in [0.2, 0.25) is 5.52 Å². The Balaban J connectivity index is 3.02. The maximum absolute atomic E-state index is 3.99. The van der Waals surface area contributed by atoms with Crippen LogP contribution in [0.5, 0.6) is 0 Å². The quantitative estimate of drug-likeness (QED) is 0.330. The second kappa shape index (κ2) is 1.82. The fourth-order valence-electron chi connectivity index (χ4n) is 0. The van der Waals surface area contributed by atoms with E-state index in [-0.39, 0.29) is 0 Å². The van der Waals surface area contributed by atoms with Crippen LogP contribution in [0.25, 0.3) is 0 Å². The van der Waals surface area contributed by atoms with E-state index >= 15 is 0 Å². The monoisotopic (exact) mass is 142 g/mol. The Bertz CT molecular complexity index is 22.4. The summed E-state index contributed by atoms with van der Waals surface area (Å²) < 4.78 is 0. The molecule has 0 nitrogen and oxygen atoms in total. The van der Waals surface area contributed by atoms with Crippen LogP contribution in [-0.2, 0) is 0 Å². The highest BCUT2D eigenvalue weighted by Crippen LogP contribution is 2.15. The Labute approximate surface area is 48.5 Å². The summed E-state index contributed by atoms with van der Waals surface area (Å²) >= 11 is 12.0. The molecule has 0 bridgehead atoms. The van der Waals surface area contributed by atoms with Crippen molar-refractivity contribution in [1.29, 1.82) is 0 Å². The molecule has 0 saturated carbocycles. The number of thiol groups is 3. The van der Waals surface area contributed by atoms with Crippen LogP contribution in [0, 0.1) is 0 Å². The second-order valence-electron chi connectivity index (χ2n) is 0.971. The molecule has 0 fully saturated rings. The maximum atomic E-state index is 3.99. The molecular formula is CH6S3Si. The van der Waals surface area contributed by atoms with E-state index in [2.05, 4.69) is 36.2 Å². The summed E-state index contributed by atoms with van der Waals surface area (Å²) in [4.78, 5) is 0. The Morgan fingerprint density at radius 3 is 1.20 bits per heavy atom. The minimum Gasteiger partial charge on any atom is -0.180 e. The first-order valence-corrected chi connectivity index (χ1v) is 7.54. The molecule has 0 aliphatic carbocycles. The summed E-state index contributed by atoms with van der Waals surface area (Å²) in [5.74, 6) is 0. The smallest absolute Gasteiger partial charge is 0.180 e. The van der Waals surface area contributed by atoms with Crippen LogP contribution < -0.4 is 0 Å². The molecule has 0 aromatic rings.